The molecule has 19 heavy (non-hydrogen) atoms. The molecule has 1 unspecified atom stereocenters. The van der Waals surface area contributed by atoms with Gasteiger partial charge in [-0.3, -0.25) is 0 Å². The first-order chi connectivity index (χ1) is 8.88. The predicted octanol–water partition coefficient (Wildman–Crippen LogP) is 1.09. The molecule has 0 heterocycles. The minimum Gasteiger partial charge on any atom is -0.396 e. The molecule has 0 amide bonds. The second-order valence-electron chi connectivity index (χ2n) is 4.48. The zero-order valence-corrected chi connectivity index (χ0v) is 11.6. The van der Waals surface area contributed by atoms with Crippen LogP contribution in [0.1, 0.15) is 19.8 Å². The van der Waals surface area contributed by atoms with E-state index in [9.17, 15) is 12.8 Å². The van der Waals surface area contributed by atoms with E-state index in [0.717, 1.165) is 6.07 Å². The first-order valence-electron chi connectivity index (χ1n) is 6.03. The number of hydrogen-bond donors (Lipinski definition) is 3. The molecule has 5 nitrogen and oxygen atoms in total. The van der Waals surface area contributed by atoms with Crippen molar-refractivity contribution in [2.75, 3.05) is 18.9 Å². The van der Waals surface area contributed by atoms with Gasteiger partial charge >= 0.3 is 0 Å². The molecule has 0 radical (unpaired) electrons. The number of aliphatic hydroxyl groups excluding tert-OH is 1. The summed E-state index contributed by atoms with van der Waals surface area (Å²) in [6.07, 6.45) is 1.30. The fraction of sp³-hybridized carbons (Fsp3) is 0.500. The van der Waals surface area contributed by atoms with E-state index in [4.69, 9.17) is 10.8 Å². The van der Waals surface area contributed by atoms with Gasteiger partial charge in [0.2, 0.25) is 10.0 Å². The summed E-state index contributed by atoms with van der Waals surface area (Å²) in [6.45, 7) is 2.17. The van der Waals surface area contributed by atoms with Gasteiger partial charge in [0.1, 0.15) is 10.7 Å². The molecule has 0 spiro atoms. The number of aliphatic hydroxyl groups is 1. The Morgan fingerprint density at radius 3 is 2.79 bits per heavy atom. The molecule has 0 aromatic heterocycles. The van der Waals surface area contributed by atoms with Gasteiger partial charge in [0.05, 0.1) is 5.69 Å². The third-order valence-electron chi connectivity index (χ3n) is 2.78. The predicted molar refractivity (Wildman–Crippen MR) is 71.5 cm³/mol. The van der Waals surface area contributed by atoms with Gasteiger partial charge in [-0.15, -0.1) is 0 Å². The molecule has 0 fully saturated rings. The molecular weight excluding hydrogens is 271 g/mol. The van der Waals surface area contributed by atoms with E-state index in [0.29, 0.717) is 12.8 Å². The van der Waals surface area contributed by atoms with Gasteiger partial charge in [0.25, 0.3) is 0 Å². The molecule has 0 bridgehead atoms. The summed E-state index contributed by atoms with van der Waals surface area (Å²) >= 11 is 0. The molecular formula is C12H19FN2O3S. The van der Waals surface area contributed by atoms with Crippen LogP contribution in [0.15, 0.2) is 23.1 Å². The second-order valence-corrected chi connectivity index (χ2v) is 6.21. The van der Waals surface area contributed by atoms with Crippen LogP contribution in [0.4, 0.5) is 10.1 Å². The van der Waals surface area contributed by atoms with Crippen LogP contribution in [-0.4, -0.2) is 26.7 Å². The molecule has 7 heteroatoms. The van der Waals surface area contributed by atoms with E-state index < -0.39 is 15.8 Å². The first kappa shape index (κ1) is 15.9. The molecule has 4 N–H and O–H groups in total. The van der Waals surface area contributed by atoms with E-state index in [1.165, 1.54) is 12.1 Å². The van der Waals surface area contributed by atoms with Crippen molar-refractivity contribution in [2.24, 2.45) is 5.92 Å². The summed E-state index contributed by atoms with van der Waals surface area (Å²) in [6, 6.07) is 3.67. The molecule has 1 rings (SSSR count). The molecule has 108 valence electrons. The molecule has 0 saturated heterocycles. The monoisotopic (exact) mass is 290 g/mol. The van der Waals surface area contributed by atoms with Crippen molar-refractivity contribution in [3.8, 4) is 0 Å². The highest BCUT2D eigenvalue weighted by Crippen LogP contribution is 2.20. The number of halogens is 1. The summed E-state index contributed by atoms with van der Waals surface area (Å²) in [5.74, 6) is -0.625. The van der Waals surface area contributed by atoms with Gasteiger partial charge < -0.3 is 10.8 Å². The van der Waals surface area contributed by atoms with Crippen LogP contribution in [0, 0.1) is 11.7 Å². The third-order valence-corrected chi connectivity index (χ3v) is 4.30. The van der Waals surface area contributed by atoms with E-state index in [-0.39, 0.29) is 29.7 Å². The lowest BCUT2D eigenvalue weighted by atomic mass is 10.1. The van der Waals surface area contributed by atoms with Gasteiger partial charge in [-0.25, -0.2) is 17.5 Å². The minimum absolute atomic E-state index is 0.0730. The number of benzene rings is 1. The highest BCUT2D eigenvalue weighted by molar-refractivity contribution is 7.89. The zero-order valence-electron chi connectivity index (χ0n) is 10.8. The van der Waals surface area contributed by atoms with E-state index in [1.807, 2.05) is 6.92 Å². The number of hydrogen-bond acceptors (Lipinski definition) is 4. The molecule has 0 aliphatic heterocycles. The lowest BCUT2D eigenvalue weighted by Gasteiger charge is -2.10. The maximum Gasteiger partial charge on any atom is 0.242 e. The lowest BCUT2D eigenvalue weighted by Crippen LogP contribution is -2.26. The number of nitrogens with two attached hydrogens (primary N) is 1. The van der Waals surface area contributed by atoms with Crippen LogP contribution in [0.3, 0.4) is 0 Å². The minimum atomic E-state index is -3.80. The van der Waals surface area contributed by atoms with E-state index in [2.05, 4.69) is 4.72 Å². The Hall–Kier alpha value is -1.18. The number of anilines is 1. The van der Waals surface area contributed by atoms with Crippen LogP contribution in [-0.2, 0) is 10.0 Å². The van der Waals surface area contributed by atoms with Crippen molar-refractivity contribution < 1.29 is 17.9 Å². The van der Waals surface area contributed by atoms with Crippen molar-refractivity contribution in [3.63, 3.8) is 0 Å². The Morgan fingerprint density at radius 2 is 2.16 bits per heavy atom. The smallest absolute Gasteiger partial charge is 0.242 e. The zero-order chi connectivity index (χ0) is 14.5. The second kappa shape index (κ2) is 6.83. The Kier molecular flexibility index (Phi) is 5.71. The Morgan fingerprint density at radius 1 is 1.47 bits per heavy atom. The lowest BCUT2D eigenvalue weighted by molar-refractivity contribution is 0.228. The van der Waals surface area contributed by atoms with E-state index in [1.54, 1.807) is 0 Å². The summed E-state index contributed by atoms with van der Waals surface area (Å²) in [5, 5.41) is 8.84. The van der Waals surface area contributed by atoms with Gasteiger partial charge in [-0.05, 0) is 30.9 Å². The Bertz CT molecular complexity index is 520. The maximum absolute atomic E-state index is 13.2. The van der Waals surface area contributed by atoms with Gasteiger partial charge in [-0.2, -0.15) is 0 Å². The highest BCUT2D eigenvalue weighted by atomic mass is 32.2. The van der Waals surface area contributed by atoms with Crippen LogP contribution >= 0.6 is 0 Å². The quantitative estimate of drug-likeness (QED) is 0.518. The van der Waals surface area contributed by atoms with Crippen molar-refractivity contribution >= 4 is 15.7 Å². The number of nitrogens with one attached hydrogen (secondary N) is 1. The first-order valence-corrected chi connectivity index (χ1v) is 7.51. The van der Waals surface area contributed by atoms with E-state index >= 15 is 0 Å². The van der Waals surface area contributed by atoms with Crippen molar-refractivity contribution in [2.45, 2.75) is 24.7 Å². The highest BCUT2D eigenvalue weighted by Gasteiger charge is 2.18. The standard InChI is InChI=1S/C12H19FN2O3S/c1-9(8-16)4-3-7-15-19(17,18)11-6-2-5-10(13)12(11)14/h2,5-6,9,15-16H,3-4,7-8,14H2,1H3. The number of para-hydroxylation sites is 1. The summed E-state index contributed by atoms with van der Waals surface area (Å²) < 4.78 is 39.4. The Balaban J connectivity index is 2.64. The molecule has 0 aliphatic carbocycles. The molecule has 0 saturated carbocycles. The average Bonchev–Trinajstić information content (AvgIpc) is 2.37. The van der Waals surface area contributed by atoms with Crippen LogP contribution in [0.2, 0.25) is 0 Å². The maximum atomic E-state index is 13.2. The fourth-order valence-electron chi connectivity index (χ4n) is 1.58. The molecule has 1 atom stereocenters. The third kappa shape index (κ3) is 4.45. The Labute approximate surface area is 112 Å². The van der Waals surface area contributed by atoms with Gasteiger partial charge in [-0.1, -0.05) is 13.0 Å². The SMILES string of the molecule is CC(CO)CCCNS(=O)(=O)c1cccc(F)c1N. The number of nitrogen functional groups attached to an aromatic ring is 1. The van der Waals surface area contributed by atoms with Crippen molar-refractivity contribution in [1.82, 2.24) is 4.72 Å². The molecule has 0 aliphatic rings. The van der Waals surface area contributed by atoms with Crippen LogP contribution in [0.5, 0.6) is 0 Å². The van der Waals surface area contributed by atoms with Gasteiger partial charge in [0, 0.05) is 13.2 Å². The summed E-state index contributed by atoms with van der Waals surface area (Å²) in [5.41, 5.74) is 5.04. The normalized spacial score (nSPS) is 13.4. The summed E-state index contributed by atoms with van der Waals surface area (Å²) in [4.78, 5) is -0.247. The topological polar surface area (TPSA) is 92.4 Å². The fourth-order valence-corrected chi connectivity index (χ4v) is 2.79. The largest absolute Gasteiger partial charge is 0.396 e. The summed E-state index contributed by atoms with van der Waals surface area (Å²) in [7, 11) is -3.80. The van der Waals surface area contributed by atoms with Crippen LogP contribution < -0.4 is 10.5 Å². The number of rotatable bonds is 7. The molecule has 1 aromatic rings. The molecule has 1 aromatic carbocycles. The van der Waals surface area contributed by atoms with Gasteiger partial charge in [0.15, 0.2) is 0 Å². The number of sulfonamides is 1. The van der Waals surface area contributed by atoms with Crippen LogP contribution in [0.25, 0.3) is 0 Å². The van der Waals surface area contributed by atoms with Crippen molar-refractivity contribution in [3.05, 3.63) is 24.0 Å². The van der Waals surface area contributed by atoms with Crippen molar-refractivity contribution in [1.29, 1.82) is 0 Å². The average molecular weight is 290 g/mol.